The van der Waals surface area contributed by atoms with E-state index in [1.807, 2.05) is 30.1 Å². The first-order valence-corrected chi connectivity index (χ1v) is 5.96. The number of likely N-dealkylation sites (N-methyl/N-ethyl adjacent to an activating group) is 1. The van der Waals surface area contributed by atoms with Crippen molar-refractivity contribution < 1.29 is 5.11 Å². The lowest BCUT2D eigenvalue weighted by atomic mass is 10.1. The van der Waals surface area contributed by atoms with Gasteiger partial charge in [0.25, 0.3) is 0 Å². The standard InChI is InChI=1S/C14H17N3O/c1-17(8-7-12-5-3-2-4-6-12)14-10-15-9-13(11-18)16-14/h2-6,9-10,18H,7-8,11H2,1H3. The van der Waals surface area contributed by atoms with Gasteiger partial charge in [0.1, 0.15) is 5.82 Å². The number of nitrogens with zero attached hydrogens (tertiary/aromatic N) is 3. The summed E-state index contributed by atoms with van der Waals surface area (Å²) in [6.45, 7) is 0.793. The lowest BCUT2D eigenvalue weighted by Gasteiger charge is -2.18. The van der Waals surface area contributed by atoms with Gasteiger partial charge in [0, 0.05) is 13.6 Å². The second-order valence-corrected chi connectivity index (χ2v) is 4.18. The zero-order valence-electron chi connectivity index (χ0n) is 10.5. The van der Waals surface area contributed by atoms with Crippen molar-refractivity contribution in [3.8, 4) is 0 Å². The van der Waals surface area contributed by atoms with Gasteiger partial charge in [0.15, 0.2) is 0 Å². The van der Waals surface area contributed by atoms with Crippen molar-refractivity contribution in [2.45, 2.75) is 13.0 Å². The number of hydrogen-bond acceptors (Lipinski definition) is 4. The molecule has 1 aromatic heterocycles. The van der Waals surface area contributed by atoms with E-state index in [0.717, 1.165) is 18.8 Å². The third-order valence-corrected chi connectivity index (χ3v) is 2.80. The molecule has 2 aromatic rings. The molecule has 0 spiro atoms. The maximum atomic E-state index is 9.03. The Morgan fingerprint density at radius 2 is 1.94 bits per heavy atom. The van der Waals surface area contributed by atoms with Gasteiger partial charge in [-0.1, -0.05) is 30.3 Å². The number of aliphatic hydroxyl groups is 1. The van der Waals surface area contributed by atoms with Crippen LogP contribution in [0.25, 0.3) is 0 Å². The highest BCUT2D eigenvalue weighted by Crippen LogP contribution is 2.09. The Morgan fingerprint density at radius 1 is 1.17 bits per heavy atom. The summed E-state index contributed by atoms with van der Waals surface area (Å²) in [7, 11) is 1.98. The van der Waals surface area contributed by atoms with Crippen molar-refractivity contribution in [1.82, 2.24) is 9.97 Å². The van der Waals surface area contributed by atoms with Crippen molar-refractivity contribution in [2.24, 2.45) is 0 Å². The quantitative estimate of drug-likeness (QED) is 0.867. The van der Waals surface area contributed by atoms with Crippen LogP contribution in [-0.2, 0) is 13.0 Å². The zero-order chi connectivity index (χ0) is 12.8. The minimum atomic E-state index is -0.0760. The van der Waals surface area contributed by atoms with Gasteiger partial charge in [-0.3, -0.25) is 4.98 Å². The van der Waals surface area contributed by atoms with Crippen LogP contribution in [0.3, 0.4) is 0 Å². The molecular formula is C14H17N3O. The zero-order valence-corrected chi connectivity index (χ0v) is 10.5. The third-order valence-electron chi connectivity index (χ3n) is 2.80. The molecule has 0 unspecified atom stereocenters. The largest absolute Gasteiger partial charge is 0.390 e. The molecule has 0 aliphatic carbocycles. The molecule has 0 aliphatic heterocycles. The van der Waals surface area contributed by atoms with Gasteiger partial charge in [-0.05, 0) is 12.0 Å². The molecule has 4 nitrogen and oxygen atoms in total. The highest BCUT2D eigenvalue weighted by molar-refractivity contribution is 5.35. The molecule has 0 bridgehead atoms. The van der Waals surface area contributed by atoms with E-state index < -0.39 is 0 Å². The smallest absolute Gasteiger partial charge is 0.147 e. The lowest BCUT2D eigenvalue weighted by molar-refractivity contribution is 0.276. The van der Waals surface area contributed by atoms with Crippen LogP contribution < -0.4 is 4.90 Å². The summed E-state index contributed by atoms with van der Waals surface area (Å²) >= 11 is 0. The monoisotopic (exact) mass is 243 g/mol. The number of rotatable bonds is 5. The molecule has 4 heteroatoms. The Labute approximate surface area is 107 Å². The molecule has 0 saturated heterocycles. The molecule has 0 aliphatic rings. The second kappa shape index (κ2) is 6.12. The Morgan fingerprint density at radius 3 is 2.67 bits per heavy atom. The number of aliphatic hydroxyl groups excluding tert-OH is 1. The summed E-state index contributed by atoms with van der Waals surface area (Å²) in [4.78, 5) is 10.4. The molecule has 1 N–H and O–H groups in total. The van der Waals surface area contributed by atoms with E-state index >= 15 is 0 Å². The van der Waals surface area contributed by atoms with Gasteiger partial charge < -0.3 is 10.0 Å². The van der Waals surface area contributed by atoms with Crippen molar-refractivity contribution in [3.05, 3.63) is 54.0 Å². The van der Waals surface area contributed by atoms with Gasteiger partial charge >= 0.3 is 0 Å². The molecule has 0 atom stereocenters. The molecule has 0 saturated carbocycles. The normalized spacial score (nSPS) is 10.3. The SMILES string of the molecule is CN(CCc1ccccc1)c1cncc(CO)n1. The van der Waals surface area contributed by atoms with Crippen LogP contribution in [0.1, 0.15) is 11.3 Å². The first-order valence-electron chi connectivity index (χ1n) is 5.96. The van der Waals surface area contributed by atoms with Crippen LogP contribution in [0.4, 0.5) is 5.82 Å². The Balaban J connectivity index is 1.97. The second-order valence-electron chi connectivity index (χ2n) is 4.18. The Kier molecular flexibility index (Phi) is 4.25. The molecule has 1 aromatic carbocycles. The molecule has 0 fully saturated rings. The van der Waals surface area contributed by atoms with Crippen LogP contribution in [0.2, 0.25) is 0 Å². The first-order chi connectivity index (χ1) is 8.79. The Bertz CT molecular complexity index is 487. The number of anilines is 1. The summed E-state index contributed by atoms with van der Waals surface area (Å²) in [6, 6.07) is 10.3. The van der Waals surface area contributed by atoms with E-state index in [1.165, 1.54) is 5.56 Å². The molecule has 94 valence electrons. The van der Waals surface area contributed by atoms with Crippen molar-refractivity contribution in [3.63, 3.8) is 0 Å². The summed E-state index contributed by atoms with van der Waals surface area (Å²) in [6.07, 6.45) is 4.25. The number of aromatic nitrogens is 2. The maximum Gasteiger partial charge on any atom is 0.147 e. The Hall–Kier alpha value is -1.94. The predicted molar refractivity (Wildman–Crippen MR) is 71.4 cm³/mol. The fourth-order valence-electron chi connectivity index (χ4n) is 1.71. The molecule has 0 radical (unpaired) electrons. The van der Waals surface area contributed by atoms with Gasteiger partial charge in [-0.15, -0.1) is 0 Å². The van der Waals surface area contributed by atoms with Crippen LogP contribution in [-0.4, -0.2) is 28.7 Å². The average molecular weight is 243 g/mol. The molecule has 0 amide bonds. The molecule has 2 rings (SSSR count). The van der Waals surface area contributed by atoms with Crippen LogP contribution in [0.15, 0.2) is 42.7 Å². The average Bonchev–Trinajstić information content (AvgIpc) is 2.46. The lowest BCUT2D eigenvalue weighted by Crippen LogP contribution is -2.22. The fraction of sp³-hybridized carbons (Fsp3) is 0.286. The van der Waals surface area contributed by atoms with Gasteiger partial charge in [-0.25, -0.2) is 4.98 Å². The van der Waals surface area contributed by atoms with E-state index in [9.17, 15) is 0 Å². The topological polar surface area (TPSA) is 49.2 Å². The van der Waals surface area contributed by atoms with Crippen LogP contribution >= 0.6 is 0 Å². The maximum absolute atomic E-state index is 9.03. The first kappa shape index (κ1) is 12.5. The van der Waals surface area contributed by atoms with Crippen LogP contribution in [0.5, 0.6) is 0 Å². The van der Waals surface area contributed by atoms with Gasteiger partial charge in [0.2, 0.25) is 0 Å². The minimum absolute atomic E-state index is 0.0760. The summed E-state index contributed by atoms with van der Waals surface area (Å²) in [5.74, 6) is 0.789. The van der Waals surface area contributed by atoms with Gasteiger partial charge in [0.05, 0.1) is 24.7 Å². The number of benzene rings is 1. The highest BCUT2D eigenvalue weighted by Gasteiger charge is 2.04. The van der Waals surface area contributed by atoms with Gasteiger partial charge in [-0.2, -0.15) is 0 Å². The van der Waals surface area contributed by atoms with Crippen molar-refractivity contribution in [2.75, 3.05) is 18.5 Å². The highest BCUT2D eigenvalue weighted by atomic mass is 16.3. The summed E-state index contributed by atoms with van der Waals surface area (Å²) < 4.78 is 0. The predicted octanol–water partition coefficient (Wildman–Crippen LogP) is 1.65. The van der Waals surface area contributed by atoms with E-state index in [1.54, 1.807) is 12.4 Å². The van der Waals surface area contributed by atoms with E-state index in [4.69, 9.17) is 5.11 Å². The fourth-order valence-corrected chi connectivity index (χ4v) is 1.71. The molecule has 1 heterocycles. The van der Waals surface area contributed by atoms with E-state index in [0.29, 0.717) is 5.69 Å². The van der Waals surface area contributed by atoms with Crippen molar-refractivity contribution in [1.29, 1.82) is 0 Å². The van der Waals surface area contributed by atoms with E-state index in [-0.39, 0.29) is 6.61 Å². The minimum Gasteiger partial charge on any atom is -0.390 e. The van der Waals surface area contributed by atoms with Crippen LogP contribution in [0, 0.1) is 0 Å². The summed E-state index contributed by atoms with van der Waals surface area (Å²) in [5, 5.41) is 9.03. The third kappa shape index (κ3) is 3.28. The van der Waals surface area contributed by atoms with Crippen molar-refractivity contribution >= 4 is 5.82 Å². The molecular weight excluding hydrogens is 226 g/mol. The molecule has 18 heavy (non-hydrogen) atoms. The number of hydrogen-bond donors (Lipinski definition) is 1. The summed E-state index contributed by atoms with van der Waals surface area (Å²) in [5.41, 5.74) is 1.90. The van der Waals surface area contributed by atoms with E-state index in [2.05, 4.69) is 22.1 Å².